The number of Topliss-reactive ketones (excluding diaryl/α,β-unsaturated/α-hetero) is 2. The largest absolute Gasteiger partial charge is 0.497 e. The van der Waals surface area contributed by atoms with Gasteiger partial charge in [-0.2, -0.15) is 0 Å². The Labute approximate surface area is 154 Å². The Bertz CT molecular complexity index is 679. The van der Waals surface area contributed by atoms with E-state index in [0.29, 0.717) is 36.5 Å². The van der Waals surface area contributed by atoms with Crippen molar-refractivity contribution >= 4 is 23.2 Å². The number of hydrogen-bond acceptors (Lipinski definition) is 4. The van der Waals surface area contributed by atoms with Crippen LogP contribution in [0.25, 0.3) is 0 Å². The number of carbonyl (C=O) groups is 2. The number of benzene rings is 1. The summed E-state index contributed by atoms with van der Waals surface area (Å²) in [7, 11) is 1.59. The first-order valence-electron chi connectivity index (χ1n) is 8.60. The van der Waals surface area contributed by atoms with Gasteiger partial charge in [0.1, 0.15) is 28.8 Å². The SMILES string of the molecule is CCC(=O)C(C(=O)CC)C1(C)CC=C(Cc2ccc(OC)cc2Cl)O1. The summed E-state index contributed by atoms with van der Waals surface area (Å²) >= 11 is 6.30. The number of carbonyl (C=O) groups excluding carboxylic acids is 2. The van der Waals surface area contributed by atoms with Gasteiger partial charge in [0.05, 0.1) is 12.9 Å². The third kappa shape index (κ3) is 4.24. The third-order valence-corrected chi connectivity index (χ3v) is 5.03. The average molecular weight is 365 g/mol. The third-order valence-electron chi connectivity index (χ3n) is 4.68. The molecular formula is C20H25ClO4. The second kappa shape index (κ2) is 8.05. The average Bonchev–Trinajstić information content (AvgIpc) is 2.97. The summed E-state index contributed by atoms with van der Waals surface area (Å²) in [5, 5.41) is 0.600. The molecule has 0 bridgehead atoms. The van der Waals surface area contributed by atoms with E-state index in [4.69, 9.17) is 21.1 Å². The Balaban J connectivity index is 2.15. The molecule has 136 valence electrons. The maximum atomic E-state index is 12.3. The lowest BCUT2D eigenvalue weighted by atomic mass is 9.79. The fraction of sp³-hybridized carbons (Fsp3) is 0.500. The lowest BCUT2D eigenvalue weighted by Gasteiger charge is -2.32. The summed E-state index contributed by atoms with van der Waals surface area (Å²) in [6, 6.07) is 5.50. The van der Waals surface area contributed by atoms with E-state index < -0.39 is 11.5 Å². The zero-order valence-corrected chi connectivity index (χ0v) is 16.0. The summed E-state index contributed by atoms with van der Waals surface area (Å²) in [4.78, 5) is 24.7. The Morgan fingerprint density at radius 2 is 1.92 bits per heavy atom. The van der Waals surface area contributed by atoms with Gasteiger partial charge in [-0.25, -0.2) is 0 Å². The van der Waals surface area contributed by atoms with Gasteiger partial charge in [-0.15, -0.1) is 0 Å². The van der Waals surface area contributed by atoms with E-state index in [1.807, 2.05) is 25.1 Å². The highest BCUT2D eigenvalue weighted by Gasteiger charge is 2.46. The molecule has 1 aliphatic rings. The molecule has 1 heterocycles. The van der Waals surface area contributed by atoms with Gasteiger partial charge in [0.15, 0.2) is 0 Å². The molecule has 1 aliphatic heterocycles. The quantitative estimate of drug-likeness (QED) is 0.636. The van der Waals surface area contributed by atoms with Gasteiger partial charge < -0.3 is 9.47 Å². The van der Waals surface area contributed by atoms with Crippen LogP contribution in [0.5, 0.6) is 5.75 Å². The summed E-state index contributed by atoms with van der Waals surface area (Å²) < 4.78 is 11.3. The Morgan fingerprint density at radius 1 is 1.28 bits per heavy atom. The van der Waals surface area contributed by atoms with Crippen molar-refractivity contribution in [2.45, 2.75) is 52.1 Å². The topological polar surface area (TPSA) is 52.6 Å². The van der Waals surface area contributed by atoms with Crippen LogP contribution in [0.15, 0.2) is 30.0 Å². The Morgan fingerprint density at radius 3 is 2.44 bits per heavy atom. The van der Waals surface area contributed by atoms with Crippen molar-refractivity contribution in [3.05, 3.63) is 40.6 Å². The highest BCUT2D eigenvalue weighted by atomic mass is 35.5. The smallest absolute Gasteiger partial charge is 0.147 e. The number of methoxy groups -OCH3 is 1. The monoisotopic (exact) mass is 364 g/mol. The van der Waals surface area contributed by atoms with Crippen LogP contribution in [0.1, 0.15) is 45.6 Å². The van der Waals surface area contributed by atoms with E-state index in [0.717, 1.165) is 11.3 Å². The molecule has 0 fully saturated rings. The van der Waals surface area contributed by atoms with Crippen molar-refractivity contribution in [2.75, 3.05) is 7.11 Å². The number of halogens is 1. The molecule has 0 spiro atoms. The van der Waals surface area contributed by atoms with Crippen LogP contribution in [-0.4, -0.2) is 24.3 Å². The van der Waals surface area contributed by atoms with E-state index in [1.165, 1.54) is 0 Å². The summed E-state index contributed by atoms with van der Waals surface area (Å²) in [6.07, 6.45) is 3.67. The first kappa shape index (κ1) is 19.5. The molecule has 1 unspecified atom stereocenters. The van der Waals surface area contributed by atoms with Gasteiger partial charge in [0, 0.05) is 30.7 Å². The molecular weight excluding hydrogens is 340 g/mol. The van der Waals surface area contributed by atoms with Gasteiger partial charge >= 0.3 is 0 Å². The molecule has 0 saturated heterocycles. The second-order valence-electron chi connectivity index (χ2n) is 6.50. The van der Waals surface area contributed by atoms with Crippen LogP contribution >= 0.6 is 11.6 Å². The van der Waals surface area contributed by atoms with Crippen LogP contribution in [0.3, 0.4) is 0 Å². The highest BCUT2D eigenvalue weighted by Crippen LogP contribution is 2.38. The molecule has 2 rings (SSSR count). The van der Waals surface area contributed by atoms with E-state index in [9.17, 15) is 9.59 Å². The van der Waals surface area contributed by atoms with Crippen molar-refractivity contribution in [3.8, 4) is 5.75 Å². The highest BCUT2D eigenvalue weighted by molar-refractivity contribution is 6.31. The van der Waals surface area contributed by atoms with Gasteiger partial charge in [-0.05, 0) is 30.7 Å². The zero-order valence-electron chi connectivity index (χ0n) is 15.2. The molecule has 0 N–H and O–H groups in total. The number of ketones is 2. The van der Waals surface area contributed by atoms with E-state index >= 15 is 0 Å². The van der Waals surface area contributed by atoms with Crippen LogP contribution < -0.4 is 4.74 Å². The van der Waals surface area contributed by atoms with Crippen LogP contribution in [-0.2, 0) is 20.7 Å². The predicted molar refractivity (Wildman–Crippen MR) is 98.0 cm³/mol. The van der Waals surface area contributed by atoms with Gasteiger partial charge in [-0.1, -0.05) is 31.5 Å². The van der Waals surface area contributed by atoms with Gasteiger partial charge in [0.25, 0.3) is 0 Å². The normalized spacial score (nSPS) is 19.5. The second-order valence-corrected chi connectivity index (χ2v) is 6.90. The fourth-order valence-corrected chi connectivity index (χ4v) is 3.48. The summed E-state index contributed by atoms with van der Waals surface area (Å²) in [5.74, 6) is 0.593. The van der Waals surface area contributed by atoms with Crippen LogP contribution in [0.4, 0.5) is 0 Å². The zero-order chi connectivity index (χ0) is 18.6. The number of ether oxygens (including phenoxy) is 2. The molecule has 1 aromatic carbocycles. The molecule has 0 aromatic heterocycles. The summed E-state index contributed by atoms with van der Waals surface area (Å²) in [6.45, 7) is 5.40. The Hall–Kier alpha value is -1.81. The first-order chi connectivity index (χ1) is 11.8. The minimum absolute atomic E-state index is 0.0634. The lowest BCUT2D eigenvalue weighted by molar-refractivity contribution is -0.143. The number of hydrogen-bond donors (Lipinski definition) is 0. The maximum Gasteiger partial charge on any atom is 0.147 e. The molecule has 0 radical (unpaired) electrons. The van der Waals surface area contributed by atoms with E-state index in [-0.39, 0.29) is 11.6 Å². The fourth-order valence-electron chi connectivity index (χ4n) is 3.24. The predicted octanol–water partition coefficient (Wildman–Crippen LogP) is 4.53. The van der Waals surface area contributed by atoms with Gasteiger partial charge in [-0.3, -0.25) is 9.59 Å². The van der Waals surface area contributed by atoms with Crippen molar-refractivity contribution in [1.82, 2.24) is 0 Å². The number of rotatable bonds is 8. The molecule has 0 amide bonds. The van der Waals surface area contributed by atoms with Crippen molar-refractivity contribution in [3.63, 3.8) is 0 Å². The van der Waals surface area contributed by atoms with Crippen molar-refractivity contribution in [1.29, 1.82) is 0 Å². The number of allylic oxidation sites excluding steroid dienone is 1. The first-order valence-corrected chi connectivity index (χ1v) is 8.98. The minimum atomic E-state index is -0.811. The molecule has 0 saturated carbocycles. The van der Waals surface area contributed by atoms with E-state index in [1.54, 1.807) is 27.0 Å². The van der Waals surface area contributed by atoms with E-state index in [2.05, 4.69) is 0 Å². The molecule has 5 heteroatoms. The minimum Gasteiger partial charge on any atom is -0.497 e. The van der Waals surface area contributed by atoms with Crippen LogP contribution in [0.2, 0.25) is 5.02 Å². The van der Waals surface area contributed by atoms with Crippen molar-refractivity contribution < 1.29 is 19.1 Å². The standard InChI is InChI=1S/C20H25ClO4/c1-5-17(22)19(18(23)6-2)20(3)10-9-15(25-20)11-13-7-8-14(24-4)12-16(13)21/h7-9,12,19H,5-6,10-11H2,1-4H3. The summed E-state index contributed by atoms with van der Waals surface area (Å²) in [5.41, 5.74) is 0.104. The lowest BCUT2D eigenvalue weighted by Crippen LogP contribution is -2.44. The van der Waals surface area contributed by atoms with Crippen LogP contribution in [0, 0.1) is 5.92 Å². The van der Waals surface area contributed by atoms with Gasteiger partial charge in [0.2, 0.25) is 0 Å². The molecule has 0 aliphatic carbocycles. The molecule has 25 heavy (non-hydrogen) atoms. The van der Waals surface area contributed by atoms with Crippen molar-refractivity contribution in [2.24, 2.45) is 5.92 Å². The molecule has 1 aromatic rings. The molecule has 4 nitrogen and oxygen atoms in total. The Kier molecular flexibility index (Phi) is 6.28. The molecule has 1 atom stereocenters. The maximum absolute atomic E-state index is 12.3.